The standard InChI is InChI=1S/C22H17FN4O6S/c1-12-16-10-19(34-21(16)26(25-12)14-5-3-13(23)4-6-14)22(29)33-11-20(28)24-17-8-7-15(27(30)31)9-18(17)32-2/h3-10H,11H2,1-2H3,(H,24,28). The van der Waals surface area contributed by atoms with Crippen molar-refractivity contribution in [3.8, 4) is 11.4 Å². The van der Waals surface area contributed by atoms with Crippen LogP contribution in [0.1, 0.15) is 15.4 Å². The zero-order valence-corrected chi connectivity index (χ0v) is 18.7. The Labute approximate surface area is 195 Å². The average Bonchev–Trinajstić information content (AvgIpc) is 3.39. The highest BCUT2D eigenvalue weighted by atomic mass is 32.1. The first kappa shape index (κ1) is 22.9. The first-order valence-electron chi connectivity index (χ1n) is 9.81. The molecule has 0 atom stereocenters. The van der Waals surface area contributed by atoms with Crippen molar-refractivity contribution in [1.29, 1.82) is 0 Å². The maximum atomic E-state index is 13.3. The van der Waals surface area contributed by atoms with Gasteiger partial charge in [0.2, 0.25) is 0 Å². The Balaban J connectivity index is 1.45. The lowest BCUT2D eigenvalue weighted by Gasteiger charge is -2.10. The third-order valence-electron chi connectivity index (χ3n) is 4.82. The molecule has 2 aromatic carbocycles. The average molecular weight is 484 g/mol. The number of non-ortho nitro benzene ring substituents is 1. The van der Waals surface area contributed by atoms with E-state index in [4.69, 9.17) is 9.47 Å². The second kappa shape index (κ2) is 9.27. The number of nitro groups is 1. The molecule has 0 spiro atoms. The minimum atomic E-state index is -0.697. The summed E-state index contributed by atoms with van der Waals surface area (Å²) in [5.41, 5.74) is 1.32. The van der Waals surface area contributed by atoms with Crippen molar-refractivity contribution in [2.45, 2.75) is 6.92 Å². The number of nitro benzene ring substituents is 1. The topological polar surface area (TPSA) is 126 Å². The van der Waals surface area contributed by atoms with Crippen molar-refractivity contribution in [3.63, 3.8) is 0 Å². The molecule has 2 heterocycles. The van der Waals surface area contributed by atoms with Crippen molar-refractivity contribution in [2.24, 2.45) is 0 Å². The van der Waals surface area contributed by atoms with Gasteiger partial charge in [0.25, 0.3) is 11.6 Å². The van der Waals surface area contributed by atoms with Crippen LogP contribution in [0.15, 0.2) is 48.5 Å². The Morgan fingerprint density at radius 1 is 1.21 bits per heavy atom. The molecular formula is C22H17FN4O6S. The number of aromatic nitrogens is 2. The molecule has 0 aliphatic carbocycles. The normalized spacial score (nSPS) is 10.8. The molecule has 0 bridgehead atoms. The molecule has 0 saturated heterocycles. The lowest BCUT2D eigenvalue weighted by molar-refractivity contribution is -0.384. The summed E-state index contributed by atoms with van der Waals surface area (Å²) >= 11 is 1.13. The number of aryl methyl sites for hydroxylation is 1. The fourth-order valence-electron chi connectivity index (χ4n) is 3.19. The number of nitrogens with one attached hydrogen (secondary N) is 1. The summed E-state index contributed by atoms with van der Waals surface area (Å²) in [6, 6.07) is 11.1. The largest absolute Gasteiger partial charge is 0.494 e. The van der Waals surface area contributed by atoms with Gasteiger partial charge in [-0.1, -0.05) is 0 Å². The quantitative estimate of drug-likeness (QED) is 0.236. The van der Waals surface area contributed by atoms with Crippen LogP contribution < -0.4 is 10.1 Å². The molecule has 0 saturated carbocycles. The van der Waals surface area contributed by atoms with Gasteiger partial charge in [-0.05, 0) is 43.3 Å². The summed E-state index contributed by atoms with van der Waals surface area (Å²) in [7, 11) is 1.31. The summed E-state index contributed by atoms with van der Waals surface area (Å²) in [5.74, 6) is -1.62. The zero-order chi connectivity index (χ0) is 24.4. The molecule has 0 fully saturated rings. The fourth-order valence-corrected chi connectivity index (χ4v) is 4.27. The highest BCUT2D eigenvalue weighted by Crippen LogP contribution is 2.31. The number of methoxy groups -OCH3 is 1. The van der Waals surface area contributed by atoms with Gasteiger partial charge >= 0.3 is 5.97 Å². The Bertz CT molecular complexity index is 1410. The second-order valence-electron chi connectivity index (χ2n) is 7.07. The number of halogens is 1. The second-order valence-corrected chi connectivity index (χ2v) is 8.10. The van der Waals surface area contributed by atoms with E-state index in [0.717, 1.165) is 16.7 Å². The van der Waals surface area contributed by atoms with Gasteiger partial charge in [-0.15, -0.1) is 11.3 Å². The molecule has 0 aliphatic rings. The molecule has 34 heavy (non-hydrogen) atoms. The van der Waals surface area contributed by atoms with E-state index >= 15 is 0 Å². The van der Waals surface area contributed by atoms with E-state index in [1.54, 1.807) is 29.8 Å². The highest BCUT2D eigenvalue weighted by Gasteiger charge is 2.20. The maximum absolute atomic E-state index is 13.3. The number of rotatable bonds is 7. The van der Waals surface area contributed by atoms with Crippen LogP contribution in [0.3, 0.4) is 0 Å². The molecule has 12 heteroatoms. The number of nitrogens with zero attached hydrogens (tertiary/aromatic N) is 3. The van der Waals surface area contributed by atoms with Crippen LogP contribution >= 0.6 is 11.3 Å². The molecule has 10 nitrogen and oxygen atoms in total. The Morgan fingerprint density at radius 3 is 2.62 bits per heavy atom. The summed E-state index contributed by atoms with van der Waals surface area (Å²) in [5, 5.41) is 18.6. The van der Waals surface area contributed by atoms with Gasteiger partial charge in [0.15, 0.2) is 6.61 Å². The summed E-state index contributed by atoms with van der Waals surface area (Å²) < 4.78 is 25.1. The van der Waals surface area contributed by atoms with E-state index < -0.39 is 23.4 Å². The highest BCUT2D eigenvalue weighted by molar-refractivity contribution is 7.20. The van der Waals surface area contributed by atoms with Crippen LogP contribution in [-0.2, 0) is 9.53 Å². The van der Waals surface area contributed by atoms with Gasteiger partial charge in [0, 0.05) is 11.5 Å². The predicted octanol–water partition coefficient (Wildman–Crippen LogP) is 4.25. The number of benzene rings is 2. The molecule has 4 rings (SSSR count). The lowest BCUT2D eigenvalue weighted by atomic mass is 10.2. The third kappa shape index (κ3) is 4.57. The molecule has 1 amide bonds. The van der Waals surface area contributed by atoms with E-state index in [0.29, 0.717) is 16.2 Å². The number of ether oxygens (including phenoxy) is 2. The molecule has 4 aromatic rings. The number of amides is 1. The van der Waals surface area contributed by atoms with E-state index in [1.807, 2.05) is 0 Å². The first-order valence-corrected chi connectivity index (χ1v) is 10.6. The number of esters is 1. The van der Waals surface area contributed by atoms with Crippen LogP contribution in [0.2, 0.25) is 0 Å². The fraction of sp³-hybridized carbons (Fsp3) is 0.136. The van der Waals surface area contributed by atoms with E-state index in [2.05, 4.69) is 10.4 Å². The Morgan fingerprint density at radius 2 is 1.94 bits per heavy atom. The monoisotopic (exact) mass is 484 g/mol. The Kier molecular flexibility index (Phi) is 6.23. The third-order valence-corrected chi connectivity index (χ3v) is 5.91. The smallest absolute Gasteiger partial charge is 0.348 e. The summed E-state index contributed by atoms with van der Waals surface area (Å²) in [6.07, 6.45) is 0. The maximum Gasteiger partial charge on any atom is 0.348 e. The van der Waals surface area contributed by atoms with Gasteiger partial charge < -0.3 is 14.8 Å². The van der Waals surface area contributed by atoms with Crippen molar-refractivity contribution in [3.05, 3.63) is 75.0 Å². The first-order chi connectivity index (χ1) is 16.3. The number of fused-ring (bicyclic) bond motifs is 1. The minimum absolute atomic E-state index is 0.0965. The van der Waals surface area contributed by atoms with Gasteiger partial charge in [-0.2, -0.15) is 5.10 Å². The van der Waals surface area contributed by atoms with Crippen molar-refractivity contribution < 1.29 is 28.4 Å². The number of thiophene rings is 1. The summed E-state index contributed by atoms with van der Waals surface area (Å²) in [4.78, 5) is 36.0. The van der Waals surface area contributed by atoms with E-state index in [-0.39, 0.29) is 27.8 Å². The van der Waals surface area contributed by atoms with Crippen LogP contribution in [0, 0.1) is 22.9 Å². The van der Waals surface area contributed by atoms with Crippen LogP contribution in [0.25, 0.3) is 15.9 Å². The predicted molar refractivity (Wildman–Crippen MR) is 122 cm³/mol. The number of hydrogen-bond donors (Lipinski definition) is 1. The molecule has 0 aliphatic heterocycles. The van der Waals surface area contributed by atoms with Crippen LogP contribution in [-0.4, -0.2) is 40.3 Å². The van der Waals surface area contributed by atoms with E-state index in [9.17, 15) is 24.1 Å². The molecule has 2 aromatic heterocycles. The van der Waals surface area contributed by atoms with Crippen LogP contribution in [0.5, 0.6) is 5.75 Å². The number of carbonyl (C=O) groups is 2. The molecular weight excluding hydrogens is 467 g/mol. The molecule has 174 valence electrons. The molecule has 1 N–H and O–H groups in total. The van der Waals surface area contributed by atoms with E-state index in [1.165, 1.54) is 37.4 Å². The SMILES string of the molecule is COc1cc([N+](=O)[O-])ccc1NC(=O)COC(=O)c1cc2c(C)nn(-c3ccc(F)cc3)c2s1. The number of hydrogen-bond acceptors (Lipinski definition) is 8. The number of carbonyl (C=O) groups excluding carboxylic acids is 2. The van der Waals surface area contributed by atoms with Crippen molar-refractivity contribution in [1.82, 2.24) is 9.78 Å². The van der Waals surface area contributed by atoms with Gasteiger partial charge in [-0.25, -0.2) is 13.9 Å². The van der Waals surface area contributed by atoms with Gasteiger partial charge in [-0.3, -0.25) is 14.9 Å². The van der Waals surface area contributed by atoms with Gasteiger partial charge in [0.05, 0.1) is 35.2 Å². The van der Waals surface area contributed by atoms with Gasteiger partial charge in [0.1, 0.15) is 21.3 Å². The molecule has 0 unspecified atom stereocenters. The van der Waals surface area contributed by atoms with Crippen molar-refractivity contribution in [2.75, 3.05) is 19.0 Å². The minimum Gasteiger partial charge on any atom is -0.494 e. The Hall–Kier alpha value is -4.32. The number of anilines is 1. The zero-order valence-electron chi connectivity index (χ0n) is 17.9. The molecule has 0 radical (unpaired) electrons. The lowest BCUT2D eigenvalue weighted by Crippen LogP contribution is -2.21. The van der Waals surface area contributed by atoms with Crippen molar-refractivity contribution >= 4 is 44.8 Å². The summed E-state index contributed by atoms with van der Waals surface area (Å²) in [6.45, 7) is 1.21. The van der Waals surface area contributed by atoms with Crippen LogP contribution in [0.4, 0.5) is 15.8 Å².